The van der Waals surface area contributed by atoms with E-state index in [4.69, 9.17) is 5.73 Å². The highest BCUT2D eigenvalue weighted by Crippen LogP contribution is 2.54. The van der Waals surface area contributed by atoms with Gasteiger partial charge in [-0.3, -0.25) is 19.3 Å². The summed E-state index contributed by atoms with van der Waals surface area (Å²) in [7, 11) is 5.19. The Balaban J connectivity index is 1.49. The van der Waals surface area contributed by atoms with E-state index in [1.807, 2.05) is 7.05 Å². The summed E-state index contributed by atoms with van der Waals surface area (Å²) in [6.45, 7) is 1.66. The van der Waals surface area contributed by atoms with Crippen molar-refractivity contribution in [1.29, 1.82) is 0 Å². The number of allylic oxidation sites excluding steroid dienone is 1. The molecule has 1 heterocycles. The lowest BCUT2D eigenvalue weighted by molar-refractivity contribution is -0.148. The number of nitrogens with two attached hydrogens (primary N) is 1. The third-order valence-corrected chi connectivity index (χ3v) is 9.58. The Kier molecular flexibility index (Phi) is 6.06. The van der Waals surface area contributed by atoms with Crippen molar-refractivity contribution < 1.29 is 34.8 Å². The van der Waals surface area contributed by atoms with Crippen LogP contribution >= 0.6 is 0 Å². The normalized spacial score (nSPS) is 31.7. The Hall–Kier alpha value is -3.41. The number of anilines is 1. The molecule has 11 heteroatoms. The number of amides is 1. The van der Waals surface area contributed by atoms with E-state index in [1.54, 1.807) is 25.1 Å². The number of carbonyl (C=O) groups excluding carboxylic acids is 3. The van der Waals surface area contributed by atoms with Gasteiger partial charge in [-0.25, -0.2) is 0 Å². The zero-order valence-electron chi connectivity index (χ0n) is 22.9. The first-order chi connectivity index (χ1) is 18.9. The standard InChI is InChI=1S/C29H36N4O7/c1-32(2)23-16-9-13-8-15-20(18(34)10-14-17(31-11-12-4-5-12)6-7-33(3)22(14)15)24(35)19(13)26(37)29(16,40)27(38)21(25(23)36)28(30)39/h10,12-13,16-17,23,31,34,36-37,40H,4-9,11H2,1-3H3,(H2,30,39)/t13-,16-,17?,23-,29+/m1/s1. The predicted octanol–water partition coefficient (Wildman–Crippen LogP) is 1.00. The molecule has 0 spiro atoms. The summed E-state index contributed by atoms with van der Waals surface area (Å²) in [5.74, 6) is -5.72. The Labute approximate surface area is 231 Å². The number of hydrogen-bond acceptors (Lipinski definition) is 10. The minimum atomic E-state index is -2.64. The fourth-order valence-corrected chi connectivity index (χ4v) is 7.49. The molecule has 0 bridgehead atoms. The number of nitrogens with one attached hydrogen (secondary N) is 1. The Bertz CT molecular complexity index is 1410. The quantitative estimate of drug-likeness (QED) is 0.289. The predicted molar refractivity (Wildman–Crippen MR) is 145 cm³/mol. The molecule has 40 heavy (non-hydrogen) atoms. The first kappa shape index (κ1) is 26.8. The van der Waals surface area contributed by atoms with Gasteiger partial charge in [0.2, 0.25) is 5.78 Å². The van der Waals surface area contributed by atoms with Crippen molar-refractivity contribution in [3.05, 3.63) is 45.4 Å². The van der Waals surface area contributed by atoms with Gasteiger partial charge in [-0.15, -0.1) is 0 Å². The van der Waals surface area contributed by atoms with Crippen LogP contribution in [-0.4, -0.2) is 88.7 Å². The number of benzene rings is 1. The molecule has 0 radical (unpaired) electrons. The van der Waals surface area contributed by atoms with E-state index < -0.39 is 58.0 Å². The molecule has 11 nitrogen and oxygen atoms in total. The summed E-state index contributed by atoms with van der Waals surface area (Å²) in [4.78, 5) is 43.2. The smallest absolute Gasteiger partial charge is 0.255 e. The molecule has 6 rings (SSSR count). The minimum Gasteiger partial charge on any atom is -0.510 e. The van der Waals surface area contributed by atoms with Gasteiger partial charge in [0.25, 0.3) is 5.91 Å². The van der Waals surface area contributed by atoms with E-state index in [9.17, 15) is 34.8 Å². The number of aliphatic hydroxyl groups excluding tert-OH is 2. The number of phenolic OH excluding ortho intramolecular Hbond substituents is 1. The number of fused-ring (bicyclic) bond motifs is 5. The Morgan fingerprint density at radius 3 is 2.52 bits per heavy atom. The summed E-state index contributed by atoms with van der Waals surface area (Å²) in [6, 6.07) is 0.634. The maximum atomic E-state index is 14.0. The number of primary amides is 1. The van der Waals surface area contributed by atoms with Gasteiger partial charge in [-0.2, -0.15) is 0 Å². The lowest BCUT2D eigenvalue weighted by Crippen LogP contribution is -2.63. The topological polar surface area (TPSA) is 177 Å². The maximum Gasteiger partial charge on any atom is 0.255 e. The molecule has 0 saturated heterocycles. The first-order valence-electron chi connectivity index (χ1n) is 13.9. The molecular formula is C29H36N4O7. The Morgan fingerprint density at radius 2 is 1.90 bits per heavy atom. The molecule has 1 saturated carbocycles. The van der Waals surface area contributed by atoms with Crippen molar-refractivity contribution >= 4 is 23.2 Å². The summed E-state index contributed by atoms with van der Waals surface area (Å²) in [5.41, 5.74) is 4.34. The fourth-order valence-electron chi connectivity index (χ4n) is 7.49. The molecule has 214 valence electrons. The summed E-state index contributed by atoms with van der Waals surface area (Å²) < 4.78 is 0. The van der Waals surface area contributed by atoms with Crippen LogP contribution < -0.4 is 16.0 Å². The summed E-state index contributed by atoms with van der Waals surface area (Å²) in [6.07, 6.45) is 3.64. The van der Waals surface area contributed by atoms with Crippen LogP contribution in [-0.2, 0) is 16.0 Å². The number of ketones is 2. The van der Waals surface area contributed by atoms with Gasteiger partial charge in [0.05, 0.1) is 11.6 Å². The van der Waals surface area contributed by atoms with Crippen LogP contribution in [0.3, 0.4) is 0 Å². The molecule has 1 unspecified atom stereocenters. The average molecular weight is 553 g/mol. The minimum absolute atomic E-state index is 0.0308. The monoisotopic (exact) mass is 552 g/mol. The zero-order valence-corrected chi connectivity index (χ0v) is 22.9. The van der Waals surface area contributed by atoms with Crippen LogP contribution in [0.4, 0.5) is 5.69 Å². The molecule has 1 aromatic carbocycles. The van der Waals surface area contributed by atoms with Gasteiger partial charge in [0.1, 0.15) is 22.8 Å². The van der Waals surface area contributed by atoms with Crippen LogP contribution in [0.15, 0.2) is 28.7 Å². The molecule has 7 N–H and O–H groups in total. The van der Waals surface area contributed by atoms with E-state index in [2.05, 4.69) is 10.2 Å². The number of aliphatic hydroxyl groups is 3. The highest BCUT2D eigenvalue weighted by atomic mass is 16.3. The maximum absolute atomic E-state index is 14.0. The average Bonchev–Trinajstić information content (AvgIpc) is 3.70. The lowest BCUT2D eigenvalue weighted by Gasteiger charge is -2.50. The molecule has 5 aliphatic rings. The van der Waals surface area contributed by atoms with Crippen LogP contribution in [0.25, 0.3) is 0 Å². The van der Waals surface area contributed by atoms with Gasteiger partial charge in [-0.05, 0) is 81.8 Å². The summed E-state index contributed by atoms with van der Waals surface area (Å²) >= 11 is 0. The largest absolute Gasteiger partial charge is 0.510 e. The number of rotatable bonds is 5. The van der Waals surface area contributed by atoms with E-state index >= 15 is 0 Å². The molecule has 1 amide bonds. The third kappa shape index (κ3) is 3.64. The molecule has 1 fully saturated rings. The molecule has 1 aromatic rings. The lowest BCUT2D eigenvalue weighted by atomic mass is 9.58. The number of aromatic hydroxyl groups is 1. The van der Waals surface area contributed by atoms with E-state index in [-0.39, 0.29) is 35.8 Å². The number of nitrogens with zero attached hydrogens (tertiary/aromatic N) is 2. The Morgan fingerprint density at radius 1 is 1.20 bits per heavy atom. The van der Waals surface area contributed by atoms with Crippen LogP contribution in [0.5, 0.6) is 5.75 Å². The van der Waals surface area contributed by atoms with E-state index in [0.29, 0.717) is 11.5 Å². The van der Waals surface area contributed by atoms with E-state index in [1.165, 1.54) is 12.8 Å². The second kappa shape index (κ2) is 9.05. The molecule has 5 atom stereocenters. The molecule has 4 aliphatic carbocycles. The van der Waals surface area contributed by atoms with Crippen molar-refractivity contribution in [3.63, 3.8) is 0 Å². The molecule has 1 aliphatic heterocycles. The molecular weight excluding hydrogens is 516 g/mol. The van der Waals surface area contributed by atoms with Crippen molar-refractivity contribution in [2.24, 2.45) is 23.5 Å². The highest BCUT2D eigenvalue weighted by molar-refractivity contribution is 6.24. The van der Waals surface area contributed by atoms with Gasteiger partial charge >= 0.3 is 0 Å². The number of likely N-dealkylation sites (N-methyl/N-ethyl adjacent to an activating group) is 1. The number of hydrogen-bond donors (Lipinski definition) is 6. The third-order valence-electron chi connectivity index (χ3n) is 9.58. The SMILES string of the molecule is CN1CCC(NCC2CC2)c2cc(O)c3c(c21)C[C@@H]1C[C@@H]2[C@@H](N(C)C)C(O)=C(C(N)=O)C(=O)[C@@]2(O)C(O)=C1C3=O. The van der Waals surface area contributed by atoms with Gasteiger partial charge in [0.15, 0.2) is 11.4 Å². The fraction of sp³-hybridized carbons (Fsp3) is 0.552. The molecule has 0 aromatic heterocycles. The van der Waals surface area contributed by atoms with Gasteiger partial charge < -0.3 is 36.4 Å². The van der Waals surface area contributed by atoms with Gasteiger partial charge in [0, 0.05) is 36.8 Å². The van der Waals surface area contributed by atoms with E-state index in [0.717, 1.165) is 30.8 Å². The van der Waals surface area contributed by atoms with Crippen LogP contribution in [0, 0.1) is 17.8 Å². The second-order valence-electron chi connectivity index (χ2n) is 12.3. The first-order valence-corrected chi connectivity index (χ1v) is 13.9. The number of Topliss-reactive ketones (excluding diaryl/α,β-unsaturated/α-hetero) is 2. The van der Waals surface area contributed by atoms with Crippen LogP contribution in [0.1, 0.15) is 53.2 Å². The number of carbonyl (C=O) groups is 3. The van der Waals surface area contributed by atoms with Crippen LogP contribution in [0.2, 0.25) is 0 Å². The van der Waals surface area contributed by atoms with Crippen molar-refractivity contribution in [1.82, 2.24) is 10.2 Å². The van der Waals surface area contributed by atoms with Crippen molar-refractivity contribution in [3.8, 4) is 5.75 Å². The number of phenols is 1. The highest BCUT2D eigenvalue weighted by Gasteiger charge is 2.63. The second-order valence-corrected chi connectivity index (χ2v) is 12.3. The zero-order chi connectivity index (χ0) is 28.8. The van der Waals surface area contributed by atoms with Gasteiger partial charge in [-0.1, -0.05) is 0 Å². The van der Waals surface area contributed by atoms with Crippen molar-refractivity contribution in [2.75, 3.05) is 39.1 Å². The summed E-state index contributed by atoms with van der Waals surface area (Å²) in [5, 5.41) is 49.0. The van der Waals surface area contributed by atoms with Crippen molar-refractivity contribution in [2.45, 2.75) is 49.8 Å².